The molecule has 0 radical (unpaired) electrons. The largest absolute Gasteiger partial charge is 0.381 e. The maximum absolute atomic E-state index is 5.98. The molecule has 1 saturated heterocycles. The van der Waals surface area contributed by atoms with Gasteiger partial charge in [-0.3, -0.25) is 4.99 Å². The molecule has 1 saturated carbocycles. The van der Waals surface area contributed by atoms with Crippen LogP contribution in [0.25, 0.3) is 0 Å². The number of guanidine groups is 1. The molecule has 1 heterocycles. The summed E-state index contributed by atoms with van der Waals surface area (Å²) in [6, 6.07) is 0. The molecule has 0 amide bonds. The Morgan fingerprint density at radius 3 is 2.54 bits per heavy atom. The third-order valence-electron chi connectivity index (χ3n) is 5.23. The van der Waals surface area contributed by atoms with Gasteiger partial charge in [0.05, 0.1) is 18.2 Å². The van der Waals surface area contributed by atoms with Crippen molar-refractivity contribution in [2.75, 3.05) is 46.6 Å². The molecule has 26 heavy (non-hydrogen) atoms. The number of hydrogen-bond acceptors (Lipinski definition) is 4. The van der Waals surface area contributed by atoms with E-state index in [4.69, 9.17) is 19.2 Å². The molecule has 7 heteroatoms. The molecule has 2 rings (SSSR count). The van der Waals surface area contributed by atoms with Crippen molar-refractivity contribution in [2.45, 2.75) is 70.0 Å². The van der Waals surface area contributed by atoms with E-state index in [1.165, 1.54) is 32.1 Å². The van der Waals surface area contributed by atoms with Gasteiger partial charge < -0.3 is 24.8 Å². The maximum Gasteiger partial charge on any atom is 0.191 e. The van der Waals surface area contributed by atoms with Gasteiger partial charge in [0.25, 0.3) is 0 Å². The zero-order chi connectivity index (χ0) is 17.8. The quantitative estimate of drug-likeness (QED) is 0.229. The zero-order valence-electron chi connectivity index (χ0n) is 16.6. The molecule has 154 valence electrons. The minimum absolute atomic E-state index is 0. The monoisotopic (exact) mass is 483 g/mol. The van der Waals surface area contributed by atoms with Gasteiger partial charge in [-0.15, -0.1) is 24.0 Å². The Morgan fingerprint density at radius 2 is 1.88 bits per heavy atom. The highest BCUT2D eigenvalue weighted by Crippen LogP contribution is 2.24. The summed E-state index contributed by atoms with van der Waals surface area (Å²) >= 11 is 0. The summed E-state index contributed by atoms with van der Waals surface area (Å²) in [5.41, 5.74) is -0.176. The van der Waals surface area contributed by atoms with Crippen molar-refractivity contribution < 1.29 is 14.2 Å². The van der Waals surface area contributed by atoms with Crippen LogP contribution in [0.2, 0.25) is 0 Å². The molecule has 2 fully saturated rings. The lowest BCUT2D eigenvalue weighted by Crippen LogP contribution is -2.44. The van der Waals surface area contributed by atoms with Crippen molar-refractivity contribution in [3.63, 3.8) is 0 Å². The minimum atomic E-state index is -0.176. The van der Waals surface area contributed by atoms with E-state index < -0.39 is 0 Å². The SMILES string of the molecule is CCNC(=NCC1(OC)CCOCC1)NCCCOC1CCCCC1.I. The normalized spacial score (nSPS) is 21.1. The number of ether oxygens (including phenoxy) is 3. The lowest BCUT2D eigenvalue weighted by molar-refractivity contribution is -0.0828. The van der Waals surface area contributed by atoms with Crippen molar-refractivity contribution >= 4 is 29.9 Å². The molecular weight excluding hydrogens is 445 g/mol. The van der Waals surface area contributed by atoms with Crippen LogP contribution in [0, 0.1) is 0 Å². The van der Waals surface area contributed by atoms with Gasteiger partial charge in [0.2, 0.25) is 0 Å². The summed E-state index contributed by atoms with van der Waals surface area (Å²) in [6.45, 7) is 6.83. The second-order valence-corrected chi connectivity index (χ2v) is 7.11. The Kier molecular flexibility index (Phi) is 12.8. The van der Waals surface area contributed by atoms with Crippen LogP contribution in [0.4, 0.5) is 0 Å². The Labute approximate surface area is 176 Å². The zero-order valence-corrected chi connectivity index (χ0v) is 18.9. The Hall–Kier alpha value is -0.120. The van der Waals surface area contributed by atoms with E-state index in [1.807, 2.05) is 0 Å². The van der Waals surface area contributed by atoms with Gasteiger partial charge in [0.1, 0.15) is 0 Å². The second kappa shape index (κ2) is 14.0. The molecule has 0 bridgehead atoms. The number of aliphatic imine (C=N–C) groups is 1. The molecule has 0 aromatic rings. The third-order valence-corrected chi connectivity index (χ3v) is 5.23. The lowest BCUT2D eigenvalue weighted by Gasteiger charge is -2.34. The predicted molar refractivity (Wildman–Crippen MR) is 117 cm³/mol. The Bertz CT molecular complexity index is 384. The van der Waals surface area contributed by atoms with Crippen LogP contribution in [0.1, 0.15) is 58.3 Å². The van der Waals surface area contributed by atoms with E-state index >= 15 is 0 Å². The Balaban J connectivity index is 0.00000338. The maximum atomic E-state index is 5.98. The number of hydrogen-bond donors (Lipinski definition) is 2. The van der Waals surface area contributed by atoms with Crippen molar-refractivity contribution in [2.24, 2.45) is 4.99 Å². The van der Waals surface area contributed by atoms with E-state index in [0.717, 1.165) is 58.1 Å². The molecule has 0 spiro atoms. The van der Waals surface area contributed by atoms with Crippen molar-refractivity contribution in [3.05, 3.63) is 0 Å². The fourth-order valence-corrected chi connectivity index (χ4v) is 3.50. The van der Waals surface area contributed by atoms with Gasteiger partial charge in [0.15, 0.2) is 5.96 Å². The molecule has 1 aliphatic carbocycles. The van der Waals surface area contributed by atoms with E-state index in [9.17, 15) is 0 Å². The molecule has 0 atom stereocenters. The number of nitrogens with zero attached hydrogens (tertiary/aromatic N) is 1. The van der Waals surface area contributed by atoms with Crippen LogP contribution in [-0.4, -0.2) is 64.2 Å². The second-order valence-electron chi connectivity index (χ2n) is 7.11. The molecular formula is C19H38IN3O3. The van der Waals surface area contributed by atoms with Gasteiger partial charge >= 0.3 is 0 Å². The van der Waals surface area contributed by atoms with Crippen LogP contribution < -0.4 is 10.6 Å². The number of halogens is 1. The van der Waals surface area contributed by atoms with Gasteiger partial charge in [0, 0.05) is 52.9 Å². The first-order valence-electron chi connectivity index (χ1n) is 10.0. The van der Waals surface area contributed by atoms with Crippen LogP contribution >= 0.6 is 24.0 Å². The molecule has 2 N–H and O–H groups in total. The van der Waals surface area contributed by atoms with Crippen LogP contribution in [-0.2, 0) is 14.2 Å². The number of nitrogens with one attached hydrogen (secondary N) is 2. The third kappa shape index (κ3) is 8.71. The standard InChI is InChI=1S/C19H37N3O3.HI/c1-3-20-18(22-16-19(23-2)10-14-24-15-11-19)21-12-7-13-25-17-8-5-4-6-9-17;/h17H,3-16H2,1-2H3,(H2,20,21,22);1H. The number of methoxy groups -OCH3 is 1. The molecule has 0 unspecified atom stereocenters. The Morgan fingerprint density at radius 1 is 1.15 bits per heavy atom. The highest BCUT2D eigenvalue weighted by molar-refractivity contribution is 14.0. The summed E-state index contributed by atoms with van der Waals surface area (Å²) < 4.78 is 17.2. The molecule has 0 aromatic carbocycles. The van der Waals surface area contributed by atoms with Crippen LogP contribution in [0.5, 0.6) is 0 Å². The first kappa shape index (κ1) is 23.9. The van der Waals surface area contributed by atoms with Crippen molar-refractivity contribution in [3.8, 4) is 0 Å². The van der Waals surface area contributed by atoms with E-state index in [0.29, 0.717) is 12.6 Å². The fraction of sp³-hybridized carbons (Fsp3) is 0.947. The summed E-state index contributed by atoms with van der Waals surface area (Å²) in [5, 5.41) is 6.73. The average molecular weight is 483 g/mol. The van der Waals surface area contributed by atoms with E-state index in [1.54, 1.807) is 7.11 Å². The molecule has 2 aliphatic rings. The predicted octanol–water partition coefficient (Wildman–Crippen LogP) is 3.09. The smallest absolute Gasteiger partial charge is 0.191 e. The minimum Gasteiger partial charge on any atom is -0.381 e. The summed E-state index contributed by atoms with van der Waals surface area (Å²) in [7, 11) is 1.78. The topological polar surface area (TPSA) is 64.1 Å². The van der Waals surface area contributed by atoms with E-state index in [-0.39, 0.29) is 29.6 Å². The average Bonchev–Trinajstić information content (AvgIpc) is 2.67. The van der Waals surface area contributed by atoms with Gasteiger partial charge in [-0.1, -0.05) is 19.3 Å². The number of rotatable bonds is 9. The van der Waals surface area contributed by atoms with Gasteiger partial charge in [-0.25, -0.2) is 0 Å². The molecule has 1 aliphatic heterocycles. The lowest BCUT2D eigenvalue weighted by atomic mass is 9.94. The van der Waals surface area contributed by atoms with E-state index in [2.05, 4.69) is 17.6 Å². The van der Waals surface area contributed by atoms with Crippen molar-refractivity contribution in [1.82, 2.24) is 10.6 Å². The summed E-state index contributed by atoms with van der Waals surface area (Å²) in [4.78, 5) is 4.74. The van der Waals surface area contributed by atoms with Crippen LogP contribution in [0.15, 0.2) is 4.99 Å². The summed E-state index contributed by atoms with van der Waals surface area (Å²) in [5.74, 6) is 0.864. The van der Waals surface area contributed by atoms with Crippen molar-refractivity contribution in [1.29, 1.82) is 0 Å². The van der Waals surface area contributed by atoms with Crippen LogP contribution in [0.3, 0.4) is 0 Å². The summed E-state index contributed by atoms with van der Waals surface area (Å²) in [6.07, 6.45) is 9.80. The highest BCUT2D eigenvalue weighted by atomic mass is 127. The van der Waals surface area contributed by atoms with Gasteiger partial charge in [-0.2, -0.15) is 0 Å². The van der Waals surface area contributed by atoms with Gasteiger partial charge in [-0.05, 0) is 26.2 Å². The first-order chi connectivity index (χ1) is 12.3. The molecule has 0 aromatic heterocycles. The first-order valence-corrected chi connectivity index (χ1v) is 10.0. The highest BCUT2D eigenvalue weighted by Gasteiger charge is 2.32. The fourth-order valence-electron chi connectivity index (χ4n) is 3.50. The molecule has 6 nitrogen and oxygen atoms in total.